The fraction of sp³-hybridized carbons (Fsp3) is 0.929. The lowest BCUT2D eigenvalue weighted by atomic mass is 10.1. The van der Waals surface area contributed by atoms with E-state index in [-0.39, 0.29) is 5.41 Å². The second-order valence-electron chi connectivity index (χ2n) is 6.76. The van der Waals surface area contributed by atoms with Crippen LogP contribution in [0.15, 0.2) is 0 Å². The Hall–Kier alpha value is -0.610. The normalized spacial score (nSPS) is 35.8. The monoisotopic (exact) mass is 251 g/mol. The quantitative estimate of drug-likeness (QED) is 0.778. The first-order valence-corrected chi connectivity index (χ1v) is 7.31. The molecule has 1 aliphatic carbocycles. The van der Waals surface area contributed by atoms with Crippen molar-refractivity contribution in [2.24, 2.45) is 11.3 Å². The van der Waals surface area contributed by atoms with Gasteiger partial charge in [0.25, 0.3) is 0 Å². The lowest BCUT2D eigenvalue weighted by Crippen LogP contribution is -2.49. The maximum absolute atomic E-state index is 12.3. The van der Waals surface area contributed by atoms with E-state index in [1.54, 1.807) is 0 Å². The van der Waals surface area contributed by atoms with Crippen molar-refractivity contribution in [2.45, 2.75) is 32.7 Å². The summed E-state index contributed by atoms with van der Waals surface area (Å²) >= 11 is 0. The summed E-state index contributed by atoms with van der Waals surface area (Å²) in [6.07, 6.45) is 2.25. The van der Waals surface area contributed by atoms with Crippen LogP contribution >= 0.6 is 0 Å². The molecule has 0 radical (unpaired) electrons. The molecule has 102 valence electrons. The van der Waals surface area contributed by atoms with Crippen LogP contribution in [0.25, 0.3) is 0 Å². The summed E-state index contributed by atoms with van der Waals surface area (Å²) < 4.78 is 0. The highest BCUT2D eigenvalue weighted by molar-refractivity contribution is 5.82. The van der Waals surface area contributed by atoms with Gasteiger partial charge in [-0.15, -0.1) is 0 Å². The van der Waals surface area contributed by atoms with Crippen LogP contribution in [0.3, 0.4) is 0 Å². The zero-order chi connectivity index (χ0) is 12.8. The summed E-state index contributed by atoms with van der Waals surface area (Å²) in [5, 5.41) is 3.39. The van der Waals surface area contributed by atoms with Crippen LogP contribution in [0.4, 0.5) is 0 Å². The van der Waals surface area contributed by atoms with E-state index in [1.165, 1.54) is 6.42 Å². The molecule has 4 heteroatoms. The molecule has 0 bridgehead atoms. The predicted molar refractivity (Wildman–Crippen MR) is 71.3 cm³/mol. The van der Waals surface area contributed by atoms with Gasteiger partial charge in [0.05, 0.1) is 0 Å². The minimum Gasteiger partial charge on any atom is -0.341 e. The van der Waals surface area contributed by atoms with Crippen molar-refractivity contribution in [3.63, 3.8) is 0 Å². The highest BCUT2D eigenvalue weighted by Crippen LogP contribution is 2.52. The van der Waals surface area contributed by atoms with Gasteiger partial charge in [-0.2, -0.15) is 0 Å². The van der Waals surface area contributed by atoms with Gasteiger partial charge in [-0.1, -0.05) is 13.8 Å². The summed E-state index contributed by atoms with van der Waals surface area (Å²) in [5.74, 6) is 0.719. The average molecular weight is 251 g/mol. The minimum atomic E-state index is 0.268. The molecule has 2 saturated heterocycles. The molecule has 4 nitrogen and oxygen atoms in total. The van der Waals surface area contributed by atoms with Gasteiger partial charge in [0.2, 0.25) is 5.91 Å². The molecule has 0 aromatic heterocycles. The van der Waals surface area contributed by atoms with E-state index in [0.717, 1.165) is 45.7 Å². The molecule has 2 atom stereocenters. The molecule has 2 aliphatic heterocycles. The van der Waals surface area contributed by atoms with Crippen LogP contribution in [0, 0.1) is 11.3 Å². The average Bonchev–Trinajstić information content (AvgIpc) is 2.81. The molecule has 1 amide bonds. The van der Waals surface area contributed by atoms with Crippen molar-refractivity contribution in [1.82, 2.24) is 15.1 Å². The third-order valence-corrected chi connectivity index (χ3v) is 4.95. The molecule has 1 N–H and O–H groups in total. The fourth-order valence-corrected chi connectivity index (χ4v) is 3.40. The molecule has 18 heavy (non-hydrogen) atoms. The van der Waals surface area contributed by atoms with Gasteiger partial charge in [-0.25, -0.2) is 0 Å². The molecule has 0 spiro atoms. The zero-order valence-corrected chi connectivity index (χ0v) is 11.6. The van der Waals surface area contributed by atoms with Gasteiger partial charge in [0.15, 0.2) is 0 Å². The van der Waals surface area contributed by atoms with E-state index in [0.29, 0.717) is 17.9 Å². The Bertz CT molecular complexity index is 336. The molecule has 3 rings (SSSR count). The Kier molecular flexibility index (Phi) is 3.10. The van der Waals surface area contributed by atoms with Crippen molar-refractivity contribution >= 4 is 5.91 Å². The molecular formula is C14H25N3O. The van der Waals surface area contributed by atoms with E-state index in [4.69, 9.17) is 0 Å². The molecule has 0 aromatic carbocycles. The van der Waals surface area contributed by atoms with Crippen molar-refractivity contribution in [3.8, 4) is 0 Å². The number of carbonyl (C=O) groups excluding carboxylic acids is 1. The van der Waals surface area contributed by atoms with Crippen molar-refractivity contribution in [3.05, 3.63) is 0 Å². The van der Waals surface area contributed by atoms with E-state index in [2.05, 4.69) is 29.0 Å². The van der Waals surface area contributed by atoms with Gasteiger partial charge in [0.1, 0.15) is 0 Å². The first-order chi connectivity index (χ1) is 8.58. The van der Waals surface area contributed by atoms with E-state index in [1.807, 2.05) is 0 Å². The molecule has 3 fully saturated rings. The Balaban J connectivity index is 1.53. The van der Waals surface area contributed by atoms with Gasteiger partial charge < -0.3 is 10.2 Å². The fourth-order valence-electron chi connectivity index (χ4n) is 3.40. The number of piperazine rings is 1. The maximum atomic E-state index is 12.3. The first kappa shape index (κ1) is 12.4. The molecule has 2 unspecified atom stereocenters. The first-order valence-electron chi connectivity index (χ1n) is 7.31. The molecule has 2 heterocycles. The number of likely N-dealkylation sites (tertiary alicyclic amines) is 1. The van der Waals surface area contributed by atoms with E-state index in [9.17, 15) is 4.79 Å². The minimum absolute atomic E-state index is 0.268. The number of hydrogen-bond donors (Lipinski definition) is 1. The second kappa shape index (κ2) is 4.49. The second-order valence-corrected chi connectivity index (χ2v) is 6.76. The SMILES string of the molecule is CC1(C)CC1C(=O)N1CCC(N2CCNCC2)C1. The highest BCUT2D eigenvalue weighted by atomic mass is 16.2. The largest absolute Gasteiger partial charge is 0.341 e. The lowest BCUT2D eigenvalue weighted by Gasteiger charge is -2.32. The number of amides is 1. The number of nitrogens with one attached hydrogen (secondary N) is 1. The Morgan fingerprint density at radius 1 is 1.22 bits per heavy atom. The number of nitrogens with zero attached hydrogens (tertiary/aromatic N) is 2. The number of carbonyl (C=O) groups is 1. The predicted octanol–water partition coefficient (Wildman–Crippen LogP) is 0.539. The molecule has 3 aliphatic rings. The van der Waals surface area contributed by atoms with Crippen LogP contribution in [0.1, 0.15) is 26.7 Å². The zero-order valence-electron chi connectivity index (χ0n) is 11.6. The van der Waals surface area contributed by atoms with Crippen LogP contribution in [-0.2, 0) is 4.79 Å². The Labute approximate surface area is 110 Å². The van der Waals surface area contributed by atoms with Gasteiger partial charge in [0, 0.05) is 51.2 Å². The molecule has 0 aromatic rings. The van der Waals surface area contributed by atoms with E-state index < -0.39 is 0 Å². The van der Waals surface area contributed by atoms with Crippen LogP contribution in [-0.4, -0.2) is 61.0 Å². The summed E-state index contributed by atoms with van der Waals surface area (Å²) in [4.78, 5) is 17.0. The summed E-state index contributed by atoms with van der Waals surface area (Å²) in [6.45, 7) is 10.8. The van der Waals surface area contributed by atoms with E-state index >= 15 is 0 Å². The lowest BCUT2D eigenvalue weighted by molar-refractivity contribution is -0.132. The highest BCUT2D eigenvalue weighted by Gasteiger charge is 2.52. The number of hydrogen-bond acceptors (Lipinski definition) is 3. The molecule has 1 saturated carbocycles. The van der Waals surface area contributed by atoms with Gasteiger partial charge in [-0.3, -0.25) is 9.69 Å². The van der Waals surface area contributed by atoms with Crippen LogP contribution in [0.2, 0.25) is 0 Å². The van der Waals surface area contributed by atoms with Crippen molar-refractivity contribution < 1.29 is 4.79 Å². The van der Waals surface area contributed by atoms with Crippen molar-refractivity contribution in [1.29, 1.82) is 0 Å². The third kappa shape index (κ3) is 2.28. The standard InChI is InChI=1S/C14H25N3O/c1-14(2)9-12(14)13(18)17-6-3-11(10-17)16-7-4-15-5-8-16/h11-12,15H,3-10H2,1-2H3. The topological polar surface area (TPSA) is 35.6 Å². The van der Waals surface area contributed by atoms with Gasteiger partial charge >= 0.3 is 0 Å². The summed E-state index contributed by atoms with van der Waals surface area (Å²) in [5.41, 5.74) is 0.268. The Morgan fingerprint density at radius 2 is 1.89 bits per heavy atom. The van der Waals surface area contributed by atoms with Gasteiger partial charge in [-0.05, 0) is 18.3 Å². The Morgan fingerprint density at radius 3 is 2.50 bits per heavy atom. The molecular weight excluding hydrogens is 226 g/mol. The number of rotatable bonds is 2. The summed E-state index contributed by atoms with van der Waals surface area (Å²) in [6, 6.07) is 0.609. The van der Waals surface area contributed by atoms with Crippen LogP contribution in [0.5, 0.6) is 0 Å². The smallest absolute Gasteiger partial charge is 0.226 e. The van der Waals surface area contributed by atoms with Crippen LogP contribution < -0.4 is 5.32 Å². The van der Waals surface area contributed by atoms with Crippen molar-refractivity contribution in [2.75, 3.05) is 39.3 Å². The third-order valence-electron chi connectivity index (χ3n) is 4.95. The maximum Gasteiger partial charge on any atom is 0.226 e. The summed E-state index contributed by atoms with van der Waals surface area (Å²) in [7, 11) is 0.